The molecule has 1 aromatic carbocycles. The van der Waals surface area contributed by atoms with Crippen LogP contribution in [0.4, 0.5) is 11.5 Å². The van der Waals surface area contributed by atoms with Gasteiger partial charge in [0.2, 0.25) is 0 Å². The van der Waals surface area contributed by atoms with E-state index >= 15 is 0 Å². The smallest absolute Gasteiger partial charge is 0.157 e. The van der Waals surface area contributed by atoms with Gasteiger partial charge < -0.3 is 10.6 Å². The molecule has 0 atom stereocenters. The number of benzene rings is 1. The number of aromatic nitrogens is 3. The lowest BCUT2D eigenvalue weighted by Crippen LogP contribution is -2.05. The number of aryl methyl sites for hydroxylation is 1. The van der Waals surface area contributed by atoms with Gasteiger partial charge in [0.25, 0.3) is 0 Å². The van der Waals surface area contributed by atoms with Crippen molar-refractivity contribution in [1.29, 1.82) is 0 Å². The SMILES string of the molecule is CNc1c(Cl)ncnc1NCc1sc(-c2ccccc2)nc1C. The Balaban J connectivity index is 1.80. The van der Waals surface area contributed by atoms with E-state index in [0.29, 0.717) is 23.2 Å². The second-order valence-electron chi connectivity index (χ2n) is 4.89. The predicted octanol–water partition coefficient (Wildman–Crippen LogP) is 4.22. The number of nitrogens with zero attached hydrogens (tertiary/aromatic N) is 3. The maximum atomic E-state index is 6.06. The van der Waals surface area contributed by atoms with Crippen LogP contribution in [-0.4, -0.2) is 22.0 Å². The minimum Gasteiger partial charge on any atom is -0.383 e. The molecular weight excluding hydrogens is 330 g/mol. The highest BCUT2D eigenvalue weighted by atomic mass is 35.5. The van der Waals surface area contributed by atoms with Gasteiger partial charge in [0.15, 0.2) is 11.0 Å². The summed E-state index contributed by atoms with van der Waals surface area (Å²) in [6.45, 7) is 2.66. The van der Waals surface area contributed by atoms with Crippen LogP contribution in [0.15, 0.2) is 36.7 Å². The van der Waals surface area contributed by atoms with Gasteiger partial charge in [0.05, 0.1) is 12.2 Å². The van der Waals surface area contributed by atoms with Crippen molar-refractivity contribution < 1.29 is 0 Å². The number of anilines is 2. The summed E-state index contributed by atoms with van der Waals surface area (Å²) in [5, 5.41) is 7.74. The summed E-state index contributed by atoms with van der Waals surface area (Å²) in [7, 11) is 1.79. The lowest BCUT2D eigenvalue weighted by molar-refractivity contribution is 1.07. The van der Waals surface area contributed by atoms with Gasteiger partial charge in [-0.2, -0.15) is 0 Å². The van der Waals surface area contributed by atoms with Gasteiger partial charge in [0.1, 0.15) is 17.0 Å². The van der Waals surface area contributed by atoms with Gasteiger partial charge in [0, 0.05) is 17.5 Å². The van der Waals surface area contributed by atoms with E-state index in [1.807, 2.05) is 25.1 Å². The molecular formula is C16H16ClN5S. The lowest BCUT2D eigenvalue weighted by Gasteiger charge is -2.10. The number of thiazole rings is 1. The van der Waals surface area contributed by atoms with Crippen molar-refractivity contribution in [1.82, 2.24) is 15.0 Å². The van der Waals surface area contributed by atoms with Crippen LogP contribution in [-0.2, 0) is 6.54 Å². The molecule has 0 amide bonds. The summed E-state index contributed by atoms with van der Waals surface area (Å²) in [6.07, 6.45) is 1.44. The van der Waals surface area contributed by atoms with Crippen molar-refractivity contribution in [3.8, 4) is 10.6 Å². The van der Waals surface area contributed by atoms with E-state index in [-0.39, 0.29) is 0 Å². The first kappa shape index (κ1) is 15.7. The van der Waals surface area contributed by atoms with Gasteiger partial charge >= 0.3 is 0 Å². The molecule has 2 aromatic heterocycles. The zero-order valence-electron chi connectivity index (χ0n) is 12.8. The molecule has 0 spiro atoms. The Bertz CT molecular complexity index is 803. The van der Waals surface area contributed by atoms with Crippen molar-refractivity contribution in [2.45, 2.75) is 13.5 Å². The van der Waals surface area contributed by atoms with Crippen molar-refractivity contribution >= 4 is 34.4 Å². The summed E-state index contributed by atoms with van der Waals surface area (Å²) >= 11 is 7.74. The van der Waals surface area contributed by atoms with Gasteiger partial charge in [-0.15, -0.1) is 11.3 Å². The first-order valence-electron chi connectivity index (χ1n) is 7.13. The van der Waals surface area contributed by atoms with Crippen LogP contribution in [0.3, 0.4) is 0 Å². The zero-order chi connectivity index (χ0) is 16.2. The predicted molar refractivity (Wildman–Crippen MR) is 96.2 cm³/mol. The van der Waals surface area contributed by atoms with Crippen LogP contribution in [0.5, 0.6) is 0 Å². The topological polar surface area (TPSA) is 62.7 Å². The molecule has 23 heavy (non-hydrogen) atoms. The normalized spacial score (nSPS) is 10.6. The van der Waals surface area contributed by atoms with Crippen molar-refractivity contribution in [2.75, 3.05) is 17.7 Å². The summed E-state index contributed by atoms with van der Waals surface area (Å²) in [5.41, 5.74) is 2.85. The molecule has 0 bridgehead atoms. The van der Waals surface area contributed by atoms with E-state index in [4.69, 9.17) is 11.6 Å². The lowest BCUT2D eigenvalue weighted by atomic mass is 10.2. The second-order valence-corrected chi connectivity index (χ2v) is 6.33. The first-order valence-corrected chi connectivity index (χ1v) is 8.32. The van der Waals surface area contributed by atoms with Crippen LogP contribution in [0, 0.1) is 6.92 Å². The molecule has 7 heteroatoms. The summed E-state index contributed by atoms with van der Waals surface area (Å²) in [5.74, 6) is 0.682. The Morgan fingerprint density at radius 3 is 2.70 bits per heavy atom. The highest BCUT2D eigenvalue weighted by Gasteiger charge is 2.12. The maximum absolute atomic E-state index is 6.06. The minimum atomic E-state index is 0.399. The van der Waals surface area contributed by atoms with E-state index in [0.717, 1.165) is 16.3 Å². The third-order valence-electron chi connectivity index (χ3n) is 3.38. The molecule has 0 unspecified atom stereocenters. The Morgan fingerprint density at radius 1 is 1.17 bits per heavy atom. The Kier molecular flexibility index (Phi) is 4.73. The van der Waals surface area contributed by atoms with E-state index in [1.54, 1.807) is 18.4 Å². The van der Waals surface area contributed by atoms with Crippen LogP contribution < -0.4 is 10.6 Å². The second kappa shape index (κ2) is 6.93. The number of hydrogen-bond acceptors (Lipinski definition) is 6. The third-order valence-corrected chi connectivity index (χ3v) is 4.87. The van der Waals surface area contributed by atoms with E-state index in [2.05, 4.69) is 37.7 Å². The largest absolute Gasteiger partial charge is 0.383 e. The van der Waals surface area contributed by atoms with Crippen LogP contribution in [0.25, 0.3) is 10.6 Å². The molecule has 118 valence electrons. The Hall–Kier alpha value is -2.18. The highest BCUT2D eigenvalue weighted by Crippen LogP contribution is 2.30. The van der Waals surface area contributed by atoms with Gasteiger partial charge in [-0.1, -0.05) is 41.9 Å². The number of halogens is 1. The fourth-order valence-electron chi connectivity index (χ4n) is 2.18. The molecule has 2 N–H and O–H groups in total. The number of rotatable bonds is 5. The minimum absolute atomic E-state index is 0.399. The molecule has 5 nitrogen and oxygen atoms in total. The molecule has 0 fully saturated rings. The van der Waals surface area contributed by atoms with Crippen LogP contribution in [0.1, 0.15) is 10.6 Å². The summed E-state index contributed by atoms with van der Waals surface area (Å²) in [6, 6.07) is 10.2. The average molecular weight is 346 g/mol. The molecule has 0 aliphatic carbocycles. The maximum Gasteiger partial charge on any atom is 0.157 e. The fraction of sp³-hybridized carbons (Fsp3) is 0.188. The van der Waals surface area contributed by atoms with Crippen molar-refractivity contribution in [3.63, 3.8) is 0 Å². The molecule has 0 aliphatic heterocycles. The summed E-state index contributed by atoms with van der Waals surface area (Å²) in [4.78, 5) is 14.0. The van der Waals surface area contributed by atoms with Crippen molar-refractivity contribution in [2.24, 2.45) is 0 Å². The Morgan fingerprint density at radius 2 is 1.96 bits per heavy atom. The average Bonchev–Trinajstić information content (AvgIpc) is 2.95. The van der Waals surface area contributed by atoms with Crippen LogP contribution >= 0.6 is 22.9 Å². The molecule has 3 rings (SSSR count). The van der Waals surface area contributed by atoms with Crippen LogP contribution in [0.2, 0.25) is 5.15 Å². The standard InChI is InChI=1S/C16H16ClN5S/c1-10-12(23-16(22-10)11-6-4-3-5-7-11)8-19-15-13(18-2)14(17)20-9-21-15/h3-7,9,18H,8H2,1-2H3,(H,19,20,21). The van der Waals surface area contributed by atoms with E-state index in [9.17, 15) is 0 Å². The van der Waals surface area contributed by atoms with Gasteiger partial charge in [-0.25, -0.2) is 15.0 Å². The quantitative estimate of drug-likeness (QED) is 0.678. The number of nitrogens with one attached hydrogen (secondary N) is 2. The molecule has 0 saturated heterocycles. The zero-order valence-corrected chi connectivity index (χ0v) is 14.4. The highest BCUT2D eigenvalue weighted by molar-refractivity contribution is 7.15. The van der Waals surface area contributed by atoms with E-state index < -0.39 is 0 Å². The molecule has 0 radical (unpaired) electrons. The third kappa shape index (κ3) is 3.43. The fourth-order valence-corrected chi connectivity index (χ4v) is 3.42. The molecule has 0 aliphatic rings. The van der Waals surface area contributed by atoms with Crippen molar-refractivity contribution in [3.05, 3.63) is 52.4 Å². The summed E-state index contributed by atoms with van der Waals surface area (Å²) < 4.78 is 0. The monoisotopic (exact) mass is 345 g/mol. The van der Waals surface area contributed by atoms with E-state index in [1.165, 1.54) is 11.2 Å². The molecule has 2 heterocycles. The first-order chi connectivity index (χ1) is 11.2. The van der Waals surface area contributed by atoms with Gasteiger partial charge in [-0.05, 0) is 6.92 Å². The Labute approximate surface area is 143 Å². The molecule has 3 aromatic rings. The molecule has 0 saturated carbocycles. The van der Waals surface area contributed by atoms with Gasteiger partial charge in [-0.3, -0.25) is 0 Å². The number of hydrogen-bond donors (Lipinski definition) is 2.